The molecule has 68 heavy (non-hydrogen) atoms. The van der Waals surface area contributed by atoms with Crippen LogP contribution >= 0.6 is 0 Å². The molecule has 6 heteroatoms. The molecule has 0 bridgehead atoms. The number of allylic oxidation sites excluding steroid dienone is 22. The Morgan fingerprint density at radius 3 is 1.07 bits per heavy atom. The molecule has 0 fully saturated rings. The Hall–Kier alpha value is -4.45. The molecule has 382 valence electrons. The minimum absolute atomic E-state index is 0.103. The third-order valence-electron chi connectivity index (χ3n) is 11.0. The second-order valence-electron chi connectivity index (χ2n) is 17.6. The van der Waals surface area contributed by atoms with Crippen LogP contribution in [0.5, 0.6) is 0 Å². The van der Waals surface area contributed by atoms with Gasteiger partial charge < -0.3 is 14.2 Å². The highest BCUT2D eigenvalue weighted by Crippen LogP contribution is 2.14. The number of hydrogen-bond acceptors (Lipinski definition) is 6. The molecule has 0 aliphatic rings. The molecule has 0 radical (unpaired) electrons. The van der Waals surface area contributed by atoms with Gasteiger partial charge in [0.1, 0.15) is 13.2 Å². The van der Waals surface area contributed by atoms with Gasteiger partial charge in [0.25, 0.3) is 0 Å². The third-order valence-corrected chi connectivity index (χ3v) is 11.0. The maximum absolute atomic E-state index is 12.8. The van der Waals surface area contributed by atoms with Gasteiger partial charge in [0.2, 0.25) is 0 Å². The van der Waals surface area contributed by atoms with E-state index in [0.717, 1.165) is 135 Å². The van der Waals surface area contributed by atoms with Crippen LogP contribution in [0, 0.1) is 0 Å². The Kier molecular flexibility index (Phi) is 51.5. The van der Waals surface area contributed by atoms with Crippen LogP contribution < -0.4 is 0 Å². The standard InChI is InChI=1S/C62H98O6/c1-4-7-10-13-16-19-22-25-27-29-31-33-34-37-40-43-46-49-52-55-61(64)67-58-59(57-66-60(63)54-51-48-45-42-39-36-24-21-18-15-12-9-6-3)68-62(65)56-53-50-47-44-41-38-35-32-30-28-26-23-20-17-14-11-8-5-2/h7,9-12,14-21,23-28,30,32,35,59H,4-6,8,13,22,29,31,33-34,36-58H2,1-3H3/b10-7-,12-9-,14-11-,18-15-,19-16-,20-17-,24-21-,26-23-,27-25-,30-28-,35-32-. The van der Waals surface area contributed by atoms with Crippen molar-refractivity contribution in [3.63, 3.8) is 0 Å². The van der Waals surface area contributed by atoms with E-state index in [1.807, 2.05) is 36.5 Å². The fourth-order valence-electron chi connectivity index (χ4n) is 7.02. The van der Waals surface area contributed by atoms with Gasteiger partial charge in [-0.15, -0.1) is 0 Å². The van der Waals surface area contributed by atoms with E-state index < -0.39 is 6.10 Å². The zero-order valence-corrected chi connectivity index (χ0v) is 43.6. The fourth-order valence-corrected chi connectivity index (χ4v) is 7.02. The largest absolute Gasteiger partial charge is 0.462 e. The number of rotatable bonds is 47. The maximum atomic E-state index is 12.8. The van der Waals surface area contributed by atoms with E-state index in [4.69, 9.17) is 14.2 Å². The second-order valence-corrected chi connectivity index (χ2v) is 17.6. The predicted octanol–water partition coefficient (Wildman–Crippen LogP) is 18.3. The average Bonchev–Trinajstić information content (AvgIpc) is 3.34. The van der Waals surface area contributed by atoms with Crippen LogP contribution in [0.15, 0.2) is 134 Å². The summed E-state index contributed by atoms with van der Waals surface area (Å²) in [5.41, 5.74) is 0. The van der Waals surface area contributed by atoms with Crippen molar-refractivity contribution in [3.05, 3.63) is 134 Å². The first-order valence-corrected chi connectivity index (χ1v) is 27.3. The van der Waals surface area contributed by atoms with E-state index in [9.17, 15) is 14.4 Å². The van der Waals surface area contributed by atoms with Crippen molar-refractivity contribution in [2.24, 2.45) is 0 Å². The third kappa shape index (κ3) is 52.5. The molecule has 0 saturated carbocycles. The summed E-state index contributed by atoms with van der Waals surface area (Å²) in [7, 11) is 0. The van der Waals surface area contributed by atoms with Crippen molar-refractivity contribution in [2.75, 3.05) is 13.2 Å². The van der Waals surface area contributed by atoms with E-state index in [0.29, 0.717) is 12.8 Å². The summed E-state index contributed by atoms with van der Waals surface area (Å²) in [5, 5.41) is 0. The van der Waals surface area contributed by atoms with Crippen molar-refractivity contribution >= 4 is 17.9 Å². The van der Waals surface area contributed by atoms with Gasteiger partial charge in [0.05, 0.1) is 0 Å². The smallest absolute Gasteiger partial charge is 0.306 e. The first-order chi connectivity index (χ1) is 33.5. The van der Waals surface area contributed by atoms with E-state index in [1.165, 1.54) is 44.9 Å². The van der Waals surface area contributed by atoms with Crippen LogP contribution in [0.25, 0.3) is 0 Å². The Balaban J connectivity index is 4.48. The highest BCUT2D eigenvalue weighted by molar-refractivity contribution is 5.71. The summed E-state index contributed by atoms with van der Waals surface area (Å²) >= 11 is 0. The van der Waals surface area contributed by atoms with Crippen molar-refractivity contribution in [1.82, 2.24) is 0 Å². The van der Waals surface area contributed by atoms with Crippen molar-refractivity contribution in [3.8, 4) is 0 Å². The second kappa shape index (κ2) is 55.1. The molecule has 0 saturated heterocycles. The monoisotopic (exact) mass is 939 g/mol. The molecule has 0 heterocycles. The average molecular weight is 939 g/mol. The molecule has 0 aromatic heterocycles. The molecular weight excluding hydrogens is 841 g/mol. The van der Waals surface area contributed by atoms with E-state index in [1.54, 1.807) is 0 Å². The van der Waals surface area contributed by atoms with Crippen LogP contribution in [-0.4, -0.2) is 37.2 Å². The molecular formula is C62H98O6. The molecule has 1 atom stereocenters. The molecule has 0 aliphatic carbocycles. The lowest BCUT2D eigenvalue weighted by Gasteiger charge is -2.18. The van der Waals surface area contributed by atoms with Crippen LogP contribution in [0.3, 0.4) is 0 Å². The number of ether oxygens (including phenoxy) is 3. The number of unbranched alkanes of at least 4 members (excludes halogenated alkanes) is 20. The van der Waals surface area contributed by atoms with E-state index in [2.05, 4.69) is 118 Å². The number of carbonyl (C=O) groups excluding carboxylic acids is 3. The van der Waals surface area contributed by atoms with Gasteiger partial charge in [-0.3, -0.25) is 14.4 Å². The number of hydrogen-bond donors (Lipinski definition) is 0. The van der Waals surface area contributed by atoms with E-state index >= 15 is 0 Å². The Morgan fingerprint density at radius 2 is 0.647 bits per heavy atom. The summed E-state index contributed by atoms with van der Waals surface area (Å²) < 4.78 is 16.8. The molecule has 0 aromatic rings. The lowest BCUT2D eigenvalue weighted by atomic mass is 10.1. The summed E-state index contributed by atoms with van der Waals surface area (Å²) in [6.45, 7) is 6.25. The minimum Gasteiger partial charge on any atom is -0.462 e. The van der Waals surface area contributed by atoms with Crippen LogP contribution in [0.2, 0.25) is 0 Å². The summed E-state index contributed by atoms with van der Waals surface area (Å²) in [5.74, 6) is -0.961. The summed E-state index contributed by atoms with van der Waals surface area (Å²) in [4.78, 5) is 38.1. The fraction of sp³-hybridized carbons (Fsp3) is 0.597. The molecule has 6 nitrogen and oxygen atoms in total. The molecule has 0 amide bonds. The molecule has 0 rings (SSSR count). The number of carbonyl (C=O) groups is 3. The zero-order chi connectivity index (χ0) is 49.3. The summed E-state index contributed by atoms with van der Waals surface area (Å²) in [6, 6.07) is 0. The number of esters is 3. The van der Waals surface area contributed by atoms with Crippen LogP contribution in [0.1, 0.15) is 220 Å². The van der Waals surface area contributed by atoms with Crippen molar-refractivity contribution < 1.29 is 28.6 Å². The zero-order valence-electron chi connectivity index (χ0n) is 43.6. The SMILES string of the molecule is CC\C=C/C=C\C=C/CCCCCCCC(=O)OCC(COC(=O)CCCCCCCCCCC/C=C\C/C=C\C/C=C\CC)OC(=O)CCCCCCC\C=C/C=C\C=C/C=C\C=C/CCC. The quantitative estimate of drug-likeness (QED) is 0.0199. The van der Waals surface area contributed by atoms with Gasteiger partial charge in [0, 0.05) is 19.3 Å². The first-order valence-electron chi connectivity index (χ1n) is 27.3. The summed E-state index contributed by atoms with van der Waals surface area (Å²) in [6.07, 6.45) is 77.1. The van der Waals surface area contributed by atoms with Crippen molar-refractivity contribution in [1.29, 1.82) is 0 Å². The molecule has 0 N–H and O–H groups in total. The normalized spacial score (nSPS) is 13.2. The van der Waals surface area contributed by atoms with Gasteiger partial charge in [-0.2, -0.15) is 0 Å². The lowest BCUT2D eigenvalue weighted by molar-refractivity contribution is -0.167. The van der Waals surface area contributed by atoms with Gasteiger partial charge >= 0.3 is 17.9 Å². The first kappa shape index (κ1) is 63.5. The Morgan fingerprint density at radius 1 is 0.324 bits per heavy atom. The molecule has 0 aromatic carbocycles. The van der Waals surface area contributed by atoms with Crippen LogP contribution in [-0.2, 0) is 28.6 Å². The topological polar surface area (TPSA) is 78.9 Å². The highest BCUT2D eigenvalue weighted by Gasteiger charge is 2.19. The minimum atomic E-state index is -0.808. The van der Waals surface area contributed by atoms with E-state index in [-0.39, 0.29) is 37.5 Å². The predicted molar refractivity (Wildman–Crippen MR) is 292 cm³/mol. The van der Waals surface area contributed by atoms with Gasteiger partial charge in [-0.1, -0.05) is 244 Å². The molecule has 0 aliphatic heterocycles. The van der Waals surface area contributed by atoms with Gasteiger partial charge in [-0.25, -0.2) is 0 Å². The molecule has 1 unspecified atom stereocenters. The molecule has 0 spiro atoms. The Labute approximate surface area is 417 Å². The highest BCUT2D eigenvalue weighted by atomic mass is 16.6. The lowest BCUT2D eigenvalue weighted by Crippen LogP contribution is -2.30. The Bertz CT molecular complexity index is 1500. The maximum Gasteiger partial charge on any atom is 0.306 e. The van der Waals surface area contributed by atoms with Gasteiger partial charge in [-0.05, 0) is 89.9 Å². The van der Waals surface area contributed by atoms with Crippen LogP contribution in [0.4, 0.5) is 0 Å². The van der Waals surface area contributed by atoms with Gasteiger partial charge in [0.15, 0.2) is 6.10 Å². The van der Waals surface area contributed by atoms with Crippen molar-refractivity contribution in [2.45, 2.75) is 226 Å².